The number of benzene rings is 1. The predicted octanol–water partition coefficient (Wildman–Crippen LogP) is 8.13. The van der Waals surface area contributed by atoms with Gasteiger partial charge in [-0.1, -0.05) is 115 Å². The lowest BCUT2D eigenvalue weighted by atomic mass is 10.0. The van der Waals surface area contributed by atoms with Gasteiger partial charge >= 0.3 is 0 Å². The van der Waals surface area contributed by atoms with E-state index in [2.05, 4.69) is 0 Å². The summed E-state index contributed by atoms with van der Waals surface area (Å²) in [6, 6.07) is 10.1. The van der Waals surface area contributed by atoms with E-state index >= 15 is 0 Å². The molecule has 1 aromatic rings. The maximum atomic E-state index is 10.3. The second-order valence-electron chi connectivity index (χ2n) is 7.88. The maximum Gasteiger partial charge on any atom is 0.119 e. The molecule has 0 aromatic heterocycles. The molecule has 0 fully saturated rings. The molecule has 0 bridgehead atoms. The Bertz CT molecular complexity index is 391. The van der Waals surface area contributed by atoms with Crippen LogP contribution < -0.4 is 4.74 Å². The van der Waals surface area contributed by atoms with E-state index in [1.165, 1.54) is 96.3 Å². The maximum absolute atomic E-state index is 10.3. The second-order valence-corrected chi connectivity index (χ2v) is 7.88. The van der Waals surface area contributed by atoms with Gasteiger partial charge in [0, 0.05) is 0 Å². The molecular weight excluding hydrogens is 332 g/mol. The average Bonchev–Trinajstić information content (AvgIpc) is 2.70. The summed E-state index contributed by atoms with van der Waals surface area (Å²) in [5.74, 6) is 0.994. The highest BCUT2D eigenvalue weighted by atomic mass is 16.5. The van der Waals surface area contributed by atoms with Crippen molar-refractivity contribution in [1.82, 2.24) is 0 Å². The van der Waals surface area contributed by atoms with Crippen molar-refractivity contribution in [2.24, 2.45) is 0 Å². The summed E-state index contributed by atoms with van der Waals surface area (Å²) in [5.41, 5.74) is 0. The van der Waals surface area contributed by atoms with E-state index in [0.717, 1.165) is 25.2 Å². The van der Waals surface area contributed by atoms with Gasteiger partial charge in [-0.25, -0.2) is 5.11 Å². The monoisotopic (exact) mass is 375 g/mol. The van der Waals surface area contributed by atoms with Gasteiger partial charge in [-0.05, 0) is 25.0 Å². The van der Waals surface area contributed by atoms with Crippen molar-refractivity contribution in [2.45, 2.75) is 109 Å². The molecule has 2 heteroatoms. The minimum atomic E-state index is 0.115. The topological polar surface area (TPSA) is 29.1 Å². The van der Waals surface area contributed by atoms with Crippen molar-refractivity contribution in [2.75, 3.05) is 13.2 Å². The molecule has 0 atom stereocenters. The van der Waals surface area contributed by atoms with Crippen LogP contribution in [0.3, 0.4) is 0 Å². The van der Waals surface area contributed by atoms with Gasteiger partial charge in [0.1, 0.15) is 5.75 Å². The Balaban J connectivity index is 1.67. The van der Waals surface area contributed by atoms with Crippen LogP contribution in [0.15, 0.2) is 30.3 Å². The first kappa shape index (κ1) is 24.0. The van der Waals surface area contributed by atoms with Crippen LogP contribution in [-0.2, 0) is 5.11 Å². The molecule has 0 heterocycles. The van der Waals surface area contributed by atoms with Crippen LogP contribution in [0, 0.1) is 0 Å². The number of unbranched alkanes of at least 4 members (excludes halogenated alkanes) is 16. The highest BCUT2D eigenvalue weighted by Crippen LogP contribution is 2.14. The summed E-state index contributed by atoms with van der Waals surface area (Å²) in [7, 11) is 0. The zero-order valence-electron chi connectivity index (χ0n) is 17.6. The van der Waals surface area contributed by atoms with Crippen molar-refractivity contribution in [3.8, 4) is 5.75 Å². The van der Waals surface area contributed by atoms with Crippen LogP contribution in [-0.4, -0.2) is 13.2 Å². The van der Waals surface area contributed by atoms with Crippen LogP contribution in [0.1, 0.15) is 109 Å². The first-order valence-corrected chi connectivity index (χ1v) is 11.7. The molecule has 0 aliphatic carbocycles. The largest absolute Gasteiger partial charge is 0.494 e. The molecule has 1 rings (SSSR count). The van der Waals surface area contributed by atoms with Gasteiger partial charge in [0.25, 0.3) is 0 Å². The Morgan fingerprint density at radius 1 is 0.481 bits per heavy atom. The van der Waals surface area contributed by atoms with Gasteiger partial charge in [0.2, 0.25) is 0 Å². The van der Waals surface area contributed by atoms with E-state index in [-0.39, 0.29) is 6.61 Å². The summed E-state index contributed by atoms with van der Waals surface area (Å²) in [6.07, 6.45) is 22.5. The number of ether oxygens (including phenoxy) is 1. The number of para-hydroxylation sites is 1. The average molecular weight is 376 g/mol. The van der Waals surface area contributed by atoms with Gasteiger partial charge in [-0.15, -0.1) is 0 Å². The van der Waals surface area contributed by atoms with Crippen molar-refractivity contribution < 1.29 is 9.84 Å². The quantitative estimate of drug-likeness (QED) is 0.211. The first-order valence-electron chi connectivity index (χ1n) is 11.7. The molecule has 1 aromatic carbocycles. The Labute approximate surface area is 168 Å². The molecule has 0 saturated carbocycles. The summed E-state index contributed by atoms with van der Waals surface area (Å²) in [6.45, 7) is 0.966. The molecule has 0 aliphatic rings. The van der Waals surface area contributed by atoms with E-state index in [0.29, 0.717) is 0 Å². The lowest BCUT2D eigenvalue weighted by Gasteiger charge is -2.06. The van der Waals surface area contributed by atoms with E-state index in [1.54, 1.807) is 0 Å². The van der Waals surface area contributed by atoms with Crippen LogP contribution in [0.5, 0.6) is 5.75 Å². The van der Waals surface area contributed by atoms with Crippen LogP contribution >= 0.6 is 0 Å². The molecule has 0 unspecified atom stereocenters. The molecule has 155 valence electrons. The Kier molecular flexibility index (Phi) is 17.6. The SMILES string of the molecule is [O]CCCCCCCCCCCCCCCCCCCOc1ccccc1. The van der Waals surface area contributed by atoms with Crippen LogP contribution in [0.25, 0.3) is 0 Å². The van der Waals surface area contributed by atoms with E-state index in [9.17, 15) is 5.11 Å². The van der Waals surface area contributed by atoms with Crippen LogP contribution in [0.2, 0.25) is 0 Å². The minimum Gasteiger partial charge on any atom is -0.494 e. The zero-order chi connectivity index (χ0) is 19.3. The summed E-state index contributed by atoms with van der Waals surface area (Å²) >= 11 is 0. The number of hydrogen-bond donors (Lipinski definition) is 0. The molecule has 1 radical (unpaired) electrons. The van der Waals surface area contributed by atoms with Crippen molar-refractivity contribution in [3.05, 3.63) is 30.3 Å². The normalized spacial score (nSPS) is 11.0. The van der Waals surface area contributed by atoms with Crippen molar-refractivity contribution in [1.29, 1.82) is 0 Å². The van der Waals surface area contributed by atoms with E-state index in [4.69, 9.17) is 4.74 Å². The summed E-state index contributed by atoms with van der Waals surface area (Å²) < 4.78 is 5.72. The third-order valence-electron chi connectivity index (χ3n) is 5.30. The third-order valence-corrected chi connectivity index (χ3v) is 5.30. The third kappa shape index (κ3) is 16.8. The van der Waals surface area contributed by atoms with E-state index in [1.807, 2.05) is 30.3 Å². The second kappa shape index (κ2) is 19.7. The van der Waals surface area contributed by atoms with Crippen molar-refractivity contribution in [3.63, 3.8) is 0 Å². The van der Waals surface area contributed by atoms with Gasteiger partial charge in [0.05, 0.1) is 13.2 Å². The lowest BCUT2D eigenvalue weighted by Crippen LogP contribution is -1.96. The predicted molar refractivity (Wildman–Crippen MR) is 116 cm³/mol. The van der Waals surface area contributed by atoms with E-state index < -0.39 is 0 Å². The Morgan fingerprint density at radius 3 is 1.26 bits per heavy atom. The Hall–Kier alpha value is -1.02. The fourth-order valence-corrected chi connectivity index (χ4v) is 3.56. The number of rotatable bonds is 20. The van der Waals surface area contributed by atoms with Gasteiger partial charge in [-0.3, -0.25) is 0 Å². The van der Waals surface area contributed by atoms with Crippen molar-refractivity contribution >= 4 is 0 Å². The van der Waals surface area contributed by atoms with Gasteiger partial charge in [0.15, 0.2) is 0 Å². The molecule has 0 saturated heterocycles. The van der Waals surface area contributed by atoms with Gasteiger partial charge < -0.3 is 4.74 Å². The number of hydrogen-bond acceptors (Lipinski definition) is 1. The molecule has 2 nitrogen and oxygen atoms in total. The minimum absolute atomic E-state index is 0.115. The molecule has 0 spiro atoms. The molecular formula is C25H43O2. The molecule has 0 amide bonds. The highest BCUT2D eigenvalue weighted by Gasteiger charge is 1.96. The summed E-state index contributed by atoms with van der Waals surface area (Å²) in [5, 5.41) is 10.3. The van der Waals surface area contributed by atoms with Crippen LogP contribution in [0.4, 0.5) is 0 Å². The Morgan fingerprint density at radius 2 is 0.852 bits per heavy atom. The molecule has 27 heavy (non-hydrogen) atoms. The van der Waals surface area contributed by atoms with Gasteiger partial charge in [-0.2, -0.15) is 0 Å². The zero-order valence-corrected chi connectivity index (χ0v) is 17.6. The smallest absolute Gasteiger partial charge is 0.119 e. The fourth-order valence-electron chi connectivity index (χ4n) is 3.56. The lowest BCUT2D eigenvalue weighted by molar-refractivity contribution is 0.186. The molecule has 0 N–H and O–H groups in total. The molecule has 0 aliphatic heterocycles. The summed E-state index contributed by atoms with van der Waals surface area (Å²) in [4.78, 5) is 0. The standard InChI is InChI=1S/C25H43O2/c26-23-19-14-12-10-8-6-4-2-1-3-5-7-9-11-13-15-20-24-27-25-21-17-16-18-22-25/h16-18,21-22H,1-15,19-20,23-24H2. The fraction of sp³-hybridized carbons (Fsp3) is 0.760. The highest BCUT2D eigenvalue weighted by molar-refractivity contribution is 5.20. The first-order chi connectivity index (χ1) is 13.4.